The van der Waals surface area contributed by atoms with Crippen molar-refractivity contribution in [3.05, 3.63) is 29.8 Å². The number of carbonyl (C=O) groups excluding carboxylic acids is 1. The van der Waals surface area contributed by atoms with Gasteiger partial charge >= 0.3 is 6.03 Å². The van der Waals surface area contributed by atoms with E-state index in [1.54, 1.807) is 0 Å². The van der Waals surface area contributed by atoms with Crippen molar-refractivity contribution >= 4 is 11.7 Å². The Bertz CT molecular complexity index is 887. The second-order valence-corrected chi connectivity index (χ2v) is 12.2. The summed E-state index contributed by atoms with van der Waals surface area (Å²) in [4.78, 5) is 17.0. The SMILES string of the molecule is CCCCCCCCCCCCO[C@H]1O[C@H](CN2CCN(C(=O)Nc3ccc(C)cc3)CC2)[C@@H]2OC(C)(C)O[C@H]12. The van der Waals surface area contributed by atoms with Gasteiger partial charge in [0.15, 0.2) is 12.1 Å². The molecule has 1 aromatic carbocycles. The molecule has 4 atom stereocenters. The molecule has 3 fully saturated rings. The fourth-order valence-corrected chi connectivity index (χ4v) is 5.94. The topological polar surface area (TPSA) is 72.5 Å². The molecule has 8 nitrogen and oxygen atoms in total. The number of ether oxygens (including phenoxy) is 4. The van der Waals surface area contributed by atoms with E-state index >= 15 is 0 Å². The molecule has 3 saturated heterocycles. The van der Waals surface area contributed by atoms with Gasteiger partial charge in [-0.3, -0.25) is 4.90 Å². The van der Waals surface area contributed by atoms with Gasteiger partial charge in [0, 0.05) is 45.0 Å². The number of aryl methyl sites for hydroxylation is 1. The lowest BCUT2D eigenvalue weighted by Gasteiger charge is -2.36. The zero-order valence-electron chi connectivity index (χ0n) is 25.4. The van der Waals surface area contributed by atoms with Crippen LogP contribution in [-0.4, -0.2) is 85.6 Å². The zero-order chi connectivity index (χ0) is 28.4. The smallest absolute Gasteiger partial charge is 0.321 e. The Hall–Kier alpha value is -1.71. The maximum atomic E-state index is 12.7. The van der Waals surface area contributed by atoms with Crippen molar-refractivity contribution in [3.63, 3.8) is 0 Å². The number of amides is 2. The molecular weight excluding hydrogens is 506 g/mol. The highest BCUT2D eigenvalue weighted by Gasteiger charge is 2.56. The van der Waals surface area contributed by atoms with Gasteiger partial charge in [-0.15, -0.1) is 0 Å². The second-order valence-electron chi connectivity index (χ2n) is 12.2. The van der Waals surface area contributed by atoms with Crippen LogP contribution < -0.4 is 5.32 Å². The maximum absolute atomic E-state index is 12.7. The quantitative estimate of drug-likeness (QED) is 0.253. The van der Waals surface area contributed by atoms with Crippen LogP contribution in [0.2, 0.25) is 0 Å². The van der Waals surface area contributed by atoms with Gasteiger partial charge in [-0.1, -0.05) is 82.4 Å². The van der Waals surface area contributed by atoms with Gasteiger partial charge in [-0.25, -0.2) is 4.79 Å². The lowest BCUT2D eigenvalue weighted by atomic mass is 10.1. The molecule has 0 saturated carbocycles. The lowest BCUT2D eigenvalue weighted by molar-refractivity contribution is -0.235. The van der Waals surface area contributed by atoms with E-state index in [9.17, 15) is 4.79 Å². The van der Waals surface area contributed by atoms with Crippen LogP contribution in [0.1, 0.15) is 90.5 Å². The number of piperazine rings is 1. The minimum Gasteiger partial charge on any atom is -0.350 e. The summed E-state index contributed by atoms with van der Waals surface area (Å²) in [6.07, 6.45) is 12.2. The van der Waals surface area contributed by atoms with Gasteiger partial charge in [0.1, 0.15) is 18.3 Å². The predicted octanol–water partition coefficient (Wildman–Crippen LogP) is 6.33. The van der Waals surface area contributed by atoms with Crippen LogP contribution in [0.4, 0.5) is 10.5 Å². The number of benzene rings is 1. The molecule has 3 heterocycles. The molecule has 8 heteroatoms. The fraction of sp³-hybridized carbons (Fsp3) is 0.781. The summed E-state index contributed by atoms with van der Waals surface area (Å²) in [6, 6.07) is 7.85. The number of hydrogen-bond acceptors (Lipinski definition) is 6. The monoisotopic (exact) mass is 559 g/mol. The summed E-state index contributed by atoms with van der Waals surface area (Å²) in [6.45, 7) is 12.6. The molecule has 1 aromatic rings. The molecule has 0 unspecified atom stereocenters. The molecule has 0 spiro atoms. The van der Waals surface area contributed by atoms with Gasteiger partial charge in [0.2, 0.25) is 0 Å². The molecule has 2 amide bonds. The van der Waals surface area contributed by atoms with Gasteiger partial charge in [-0.05, 0) is 39.3 Å². The van der Waals surface area contributed by atoms with E-state index in [4.69, 9.17) is 18.9 Å². The van der Waals surface area contributed by atoms with E-state index in [0.29, 0.717) is 19.7 Å². The van der Waals surface area contributed by atoms with Crippen LogP contribution in [0, 0.1) is 6.92 Å². The highest BCUT2D eigenvalue weighted by atomic mass is 16.8. The zero-order valence-corrected chi connectivity index (χ0v) is 25.4. The van der Waals surface area contributed by atoms with Crippen molar-refractivity contribution < 1.29 is 23.7 Å². The first-order valence-electron chi connectivity index (χ1n) is 15.8. The molecular formula is C32H53N3O5. The number of nitrogens with zero attached hydrogens (tertiary/aromatic N) is 2. The number of anilines is 1. The Labute approximate surface area is 242 Å². The molecule has 40 heavy (non-hydrogen) atoms. The number of unbranched alkanes of at least 4 members (excludes halogenated alkanes) is 9. The normalized spacial score (nSPS) is 26.2. The van der Waals surface area contributed by atoms with E-state index in [1.165, 1.54) is 63.4 Å². The number of nitrogens with one attached hydrogen (secondary N) is 1. The molecule has 226 valence electrons. The Morgan fingerprint density at radius 1 is 0.900 bits per heavy atom. The van der Waals surface area contributed by atoms with Crippen molar-refractivity contribution in [2.24, 2.45) is 0 Å². The number of urea groups is 1. The molecule has 0 radical (unpaired) electrons. The van der Waals surface area contributed by atoms with Crippen LogP contribution >= 0.6 is 0 Å². The average molecular weight is 560 g/mol. The van der Waals surface area contributed by atoms with Crippen molar-refractivity contribution in [3.8, 4) is 0 Å². The third-order valence-electron chi connectivity index (χ3n) is 8.29. The van der Waals surface area contributed by atoms with Crippen LogP contribution in [0.25, 0.3) is 0 Å². The Kier molecular flexibility index (Phi) is 12.1. The largest absolute Gasteiger partial charge is 0.350 e. The standard InChI is InChI=1S/C32H53N3O5/c1-5-6-7-8-9-10-11-12-13-14-23-37-30-29-28(39-32(3,4)40-29)27(38-30)24-34-19-21-35(22-20-34)31(36)33-26-17-15-25(2)16-18-26/h15-18,27-30H,5-14,19-24H2,1-4H3,(H,33,36)/t27-,28+,29+,30+/m1/s1. The van der Waals surface area contributed by atoms with Crippen molar-refractivity contribution in [2.75, 3.05) is 44.6 Å². The summed E-state index contributed by atoms with van der Waals surface area (Å²) in [5.41, 5.74) is 2.00. The first-order valence-corrected chi connectivity index (χ1v) is 15.8. The van der Waals surface area contributed by atoms with Gasteiger partial charge in [-0.2, -0.15) is 0 Å². The van der Waals surface area contributed by atoms with Crippen molar-refractivity contribution in [2.45, 2.75) is 122 Å². The first-order chi connectivity index (χ1) is 19.3. The molecule has 0 bridgehead atoms. The molecule has 1 N–H and O–H groups in total. The van der Waals surface area contributed by atoms with Crippen LogP contribution in [0.5, 0.6) is 0 Å². The summed E-state index contributed by atoms with van der Waals surface area (Å²) in [5, 5.41) is 3.01. The molecule has 0 aliphatic carbocycles. The minimum absolute atomic E-state index is 0.0459. The van der Waals surface area contributed by atoms with Gasteiger partial charge in [0.05, 0.1) is 0 Å². The number of fused-ring (bicyclic) bond motifs is 1. The second kappa shape index (κ2) is 15.5. The Morgan fingerprint density at radius 3 is 2.15 bits per heavy atom. The molecule has 4 rings (SSSR count). The Morgan fingerprint density at radius 2 is 1.50 bits per heavy atom. The molecule has 3 aliphatic rings. The van der Waals surface area contributed by atoms with Crippen molar-refractivity contribution in [1.29, 1.82) is 0 Å². The predicted molar refractivity (Wildman–Crippen MR) is 158 cm³/mol. The van der Waals surface area contributed by atoms with E-state index in [2.05, 4.69) is 17.1 Å². The summed E-state index contributed by atoms with van der Waals surface area (Å²) in [5.74, 6) is -0.636. The van der Waals surface area contributed by atoms with Crippen LogP contribution in [-0.2, 0) is 18.9 Å². The average Bonchev–Trinajstić information content (AvgIpc) is 3.42. The summed E-state index contributed by atoms with van der Waals surface area (Å²) in [7, 11) is 0. The maximum Gasteiger partial charge on any atom is 0.321 e. The van der Waals surface area contributed by atoms with Crippen molar-refractivity contribution in [1.82, 2.24) is 9.80 Å². The highest BCUT2D eigenvalue weighted by Crippen LogP contribution is 2.39. The fourth-order valence-electron chi connectivity index (χ4n) is 5.94. The summed E-state index contributed by atoms with van der Waals surface area (Å²) >= 11 is 0. The Balaban J connectivity index is 1.15. The first kappa shape index (κ1) is 31.2. The molecule has 3 aliphatic heterocycles. The number of carbonyl (C=O) groups is 1. The van der Waals surface area contributed by atoms with E-state index in [0.717, 1.165) is 31.7 Å². The highest BCUT2D eigenvalue weighted by molar-refractivity contribution is 5.89. The third-order valence-corrected chi connectivity index (χ3v) is 8.29. The number of rotatable bonds is 15. The van der Waals surface area contributed by atoms with Crippen LogP contribution in [0.3, 0.4) is 0 Å². The lowest BCUT2D eigenvalue weighted by Crippen LogP contribution is -2.52. The van der Waals surface area contributed by atoms with E-state index in [-0.39, 0.29) is 24.3 Å². The minimum atomic E-state index is -0.636. The van der Waals surface area contributed by atoms with Gasteiger partial charge < -0.3 is 29.2 Å². The van der Waals surface area contributed by atoms with E-state index < -0.39 is 12.1 Å². The van der Waals surface area contributed by atoms with E-state index in [1.807, 2.05) is 49.9 Å². The van der Waals surface area contributed by atoms with Gasteiger partial charge in [0.25, 0.3) is 0 Å². The summed E-state index contributed by atoms with van der Waals surface area (Å²) < 4.78 is 25.1. The third kappa shape index (κ3) is 9.41. The van der Waals surface area contributed by atoms with Crippen LogP contribution in [0.15, 0.2) is 24.3 Å². The number of hydrogen-bond donors (Lipinski definition) is 1. The molecule has 0 aromatic heterocycles.